The van der Waals surface area contributed by atoms with Crippen molar-refractivity contribution >= 4 is 64.9 Å². The highest BCUT2D eigenvalue weighted by atomic mass is 32.2. The Kier molecular flexibility index (Phi) is 31.4. The number of nitrogens with one attached hydrogen (secondary N) is 5. The number of amides is 8. The fraction of sp³-hybridized carbons (Fsp3) is 0.707. The van der Waals surface area contributed by atoms with E-state index in [-0.39, 0.29) is 87.1 Å². The van der Waals surface area contributed by atoms with Gasteiger partial charge >= 0.3 is 0 Å². The number of allylic oxidation sites excluding steroid dienone is 1. The van der Waals surface area contributed by atoms with Crippen molar-refractivity contribution < 1.29 is 71.4 Å². The van der Waals surface area contributed by atoms with Crippen LogP contribution in [0.25, 0.3) is 0 Å². The molecule has 5 N–H and O–H groups in total. The Labute approximate surface area is 494 Å². The molecule has 1 aromatic carbocycles. The van der Waals surface area contributed by atoms with Gasteiger partial charge in [-0.2, -0.15) is 4.72 Å². The molecule has 8 amide bonds. The Balaban J connectivity index is 1.47. The van der Waals surface area contributed by atoms with Gasteiger partial charge in [0.2, 0.25) is 41.4 Å². The van der Waals surface area contributed by atoms with E-state index in [9.17, 15) is 47.7 Å². The number of hydrogen-bond donors (Lipinski definition) is 5. The standard InChI is InChI=1S/C58H95N9O15S/c1-14-40(6)53(66(11)50(73)37-60-57(76)52(39(4)5)64(8)9)45(78-12)35-49(72)67-26-15-17-44(67)54(79-13)41(7)55(74)63-83(77)43-21-19-42(20-22-43)58(24-25-58)62-47(70)36-59-56(75)51(38(2)3)61-46(69)23-29-80-31-33-82-34-32-81-30-27-65(10)48(71)18-16-28-68/h16,18-22,28,38-41,44-45,51-54H,14-15,17,23-27,29-37H2,1-13H3,(H,59,75)(H,60,76)(H,61,69)(H,62,70)(H,63,74)/b18-16-. The Morgan fingerprint density at radius 3 is 1.96 bits per heavy atom. The molecule has 83 heavy (non-hydrogen) atoms. The summed E-state index contributed by atoms with van der Waals surface area (Å²) in [6.45, 7) is 14.8. The number of benzene rings is 1. The van der Waals surface area contributed by atoms with Gasteiger partial charge in [0.25, 0.3) is 5.91 Å². The molecule has 25 heteroatoms. The molecule has 9 atom stereocenters. The molecule has 24 nitrogen and oxygen atoms in total. The van der Waals surface area contributed by atoms with Crippen molar-refractivity contribution in [2.75, 3.05) is 108 Å². The minimum atomic E-state index is -1.97. The van der Waals surface area contributed by atoms with E-state index < -0.39 is 82.8 Å². The van der Waals surface area contributed by atoms with Crippen LogP contribution >= 0.6 is 0 Å². The number of rotatable bonds is 39. The van der Waals surface area contributed by atoms with Crippen LogP contribution in [0.4, 0.5) is 0 Å². The third-order valence-corrected chi connectivity index (χ3v) is 16.4. The summed E-state index contributed by atoms with van der Waals surface area (Å²) in [5, 5.41) is 11.2. The van der Waals surface area contributed by atoms with Crippen molar-refractivity contribution in [2.45, 2.75) is 140 Å². The van der Waals surface area contributed by atoms with Crippen LogP contribution in [0, 0.1) is 23.7 Å². The lowest BCUT2D eigenvalue weighted by molar-refractivity contribution is -0.145. The monoisotopic (exact) mass is 1190 g/mol. The molecule has 1 saturated carbocycles. The zero-order chi connectivity index (χ0) is 62.0. The molecule has 2 aliphatic rings. The number of carbonyl (C=O) groups excluding carboxylic acids is 9. The highest BCUT2D eigenvalue weighted by Crippen LogP contribution is 2.45. The van der Waals surface area contributed by atoms with Crippen molar-refractivity contribution in [1.82, 2.24) is 45.6 Å². The maximum atomic E-state index is 14.2. The second-order valence-corrected chi connectivity index (χ2v) is 23.5. The quantitative estimate of drug-likeness (QED) is 0.0270. The van der Waals surface area contributed by atoms with Crippen molar-refractivity contribution in [2.24, 2.45) is 23.7 Å². The Bertz CT molecular complexity index is 2280. The van der Waals surface area contributed by atoms with Crippen LogP contribution in [0.3, 0.4) is 0 Å². The third-order valence-electron chi connectivity index (χ3n) is 15.3. The van der Waals surface area contributed by atoms with Crippen LogP contribution in [0.15, 0.2) is 41.3 Å². The lowest BCUT2D eigenvalue weighted by Crippen LogP contribution is -2.55. The van der Waals surface area contributed by atoms with Crippen molar-refractivity contribution in [3.05, 3.63) is 42.0 Å². The van der Waals surface area contributed by atoms with E-state index in [4.69, 9.17) is 23.7 Å². The average molecular weight is 1190 g/mol. The topological polar surface area (TPSA) is 296 Å². The number of nitrogens with zero attached hydrogens (tertiary/aromatic N) is 4. The molecule has 1 heterocycles. The van der Waals surface area contributed by atoms with E-state index in [0.29, 0.717) is 76.2 Å². The molecule has 0 spiro atoms. The molecular formula is C58H95N9O15S. The van der Waals surface area contributed by atoms with Gasteiger partial charge in [-0.05, 0) is 81.3 Å². The molecule has 0 bridgehead atoms. The van der Waals surface area contributed by atoms with Gasteiger partial charge in [0.05, 0.1) is 101 Å². The Hall–Kier alpha value is -5.54. The minimum Gasteiger partial charge on any atom is -0.588 e. The largest absolute Gasteiger partial charge is 0.588 e. The summed E-state index contributed by atoms with van der Waals surface area (Å²) in [6.07, 6.45) is 4.54. The van der Waals surface area contributed by atoms with Gasteiger partial charge in [-0.15, -0.1) is 0 Å². The molecular weight excluding hydrogens is 1090 g/mol. The van der Waals surface area contributed by atoms with Gasteiger partial charge in [-0.25, -0.2) is 0 Å². The summed E-state index contributed by atoms with van der Waals surface area (Å²) >= 11 is -1.97. The molecule has 3 rings (SSSR count). The summed E-state index contributed by atoms with van der Waals surface area (Å²) < 4.78 is 44.5. The molecule has 2 fully saturated rings. The van der Waals surface area contributed by atoms with E-state index in [1.165, 1.54) is 25.2 Å². The second-order valence-electron chi connectivity index (χ2n) is 22.3. The normalized spacial score (nSPS) is 17.7. The van der Waals surface area contributed by atoms with Crippen molar-refractivity contribution in [3.63, 3.8) is 0 Å². The number of methoxy groups -OCH3 is 2. The van der Waals surface area contributed by atoms with Crippen LogP contribution in [0.2, 0.25) is 0 Å². The molecule has 9 unspecified atom stereocenters. The van der Waals surface area contributed by atoms with Crippen LogP contribution < -0.4 is 26.0 Å². The fourth-order valence-electron chi connectivity index (χ4n) is 10.2. The van der Waals surface area contributed by atoms with Crippen LogP contribution in [0.5, 0.6) is 0 Å². The van der Waals surface area contributed by atoms with Crippen LogP contribution in [-0.4, -0.2) is 222 Å². The van der Waals surface area contributed by atoms with E-state index in [1.807, 2.05) is 46.7 Å². The molecule has 468 valence electrons. The number of likely N-dealkylation sites (N-methyl/N-ethyl adjacent to an activating group) is 3. The first-order chi connectivity index (χ1) is 39.4. The predicted octanol–water partition coefficient (Wildman–Crippen LogP) is 1.46. The zero-order valence-electron chi connectivity index (χ0n) is 51.2. The summed E-state index contributed by atoms with van der Waals surface area (Å²) in [7, 11) is 9.88. The van der Waals surface area contributed by atoms with Crippen LogP contribution in [-0.2, 0) is 83.7 Å². The molecule has 0 radical (unpaired) electrons. The van der Waals surface area contributed by atoms with E-state index >= 15 is 0 Å². The third kappa shape index (κ3) is 22.8. The summed E-state index contributed by atoms with van der Waals surface area (Å²) in [5.41, 5.74) is 0.0501. The highest BCUT2D eigenvalue weighted by molar-refractivity contribution is 7.90. The summed E-state index contributed by atoms with van der Waals surface area (Å²) in [4.78, 5) is 123. The number of aldehydes is 1. The number of ether oxygens (including phenoxy) is 5. The minimum absolute atomic E-state index is 0.00288. The van der Waals surface area contributed by atoms with Gasteiger partial charge < -0.3 is 64.2 Å². The van der Waals surface area contributed by atoms with Gasteiger partial charge in [0, 0.05) is 53.9 Å². The molecule has 1 saturated heterocycles. The summed E-state index contributed by atoms with van der Waals surface area (Å²) in [5.74, 6) is -4.14. The molecule has 1 aromatic rings. The van der Waals surface area contributed by atoms with E-state index in [0.717, 1.165) is 11.6 Å². The maximum Gasteiger partial charge on any atom is 0.267 e. The first-order valence-electron chi connectivity index (χ1n) is 28.7. The lowest BCUT2D eigenvalue weighted by atomic mass is 9.90. The highest BCUT2D eigenvalue weighted by Gasteiger charge is 2.46. The lowest BCUT2D eigenvalue weighted by Gasteiger charge is -2.39. The van der Waals surface area contributed by atoms with E-state index in [1.54, 1.807) is 68.9 Å². The van der Waals surface area contributed by atoms with Crippen LogP contribution in [0.1, 0.15) is 99.0 Å². The van der Waals surface area contributed by atoms with E-state index in [2.05, 4.69) is 26.0 Å². The van der Waals surface area contributed by atoms with Gasteiger partial charge in [0.1, 0.15) is 23.7 Å². The molecule has 1 aliphatic carbocycles. The number of hydrogen-bond acceptors (Lipinski definition) is 16. The van der Waals surface area contributed by atoms with Gasteiger partial charge in [0.15, 0.2) is 4.90 Å². The fourth-order valence-corrected chi connectivity index (χ4v) is 11.1. The Morgan fingerprint density at radius 1 is 0.795 bits per heavy atom. The maximum absolute atomic E-state index is 14.2. The van der Waals surface area contributed by atoms with Crippen molar-refractivity contribution in [1.29, 1.82) is 0 Å². The smallest absolute Gasteiger partial charge is 0.267 e. The number of likely N-dealkylation sites (tertiary alicyclic amines) is 1. The second kappa shape index (κ2) is 36.3. The Morgan fingerprint density at radius 2 is 1.41 bits per heavy atom. The summed E-state index contributed by atoms with van der Waals surface area (Å²) in [6, 6.07) is 4.41. The zero-order valence-corrected chi connectivity index (χ0v) is 52.0. The molecule has 0 aromatic heterocycles. The van der Waals surface area contributed by atoms with Gasteiger partial charge in [-0.3, -0.25) is 48.1 Å². The first kappa shape index (κ1) is 71.7. The molecule has 1 aliphatic heterocycles. The van der Waals surface area contributed by atoms with Crippen molar-refractivity contribution in [3.8, 4) is 0 Å². The first-order valence-corrected chi connectivity index (χ1v) is 29.9. The number of carbonyl (C=O) groups is 9. The average Bonchev–Trinajstić information content (AvgIpc) is 4.22. The predicted molar refractivity (Wildman–Crippen MR) is 311 cm³/mol. The van der Waals surface area contributed by atoms with Gasteiger partial charge in [-0.1, -0.05) is 67.0 Å². The SMILES string of the molecule is CCC(C)C(C(CC(=O)N1CCCC1C(OC)C(C)C(=O)N[S+]([O-])c1ccc(C2(NC(=O)CNC(=O)C(NC(=O)CCOCCOCCOCCN(C)C(=O)/C=C\C=O)C(C)C)CC2)cc1)OC)N(C)C(=O)CNC(=O)C(C(C)C)N(C)C.